The van der Waals surface area contributed by atoms with Crippen LogP contribution in [0.15, 0.2) is 0 Å². The van der Waals surface area contributed by atoms with Gasteiger partial charge in [0.15, 0.2) is 0 Å². The summed E-state index contributed by atoms with van der Waals surface area (Å²) in [5.74, 6) is 0. The molecule has 0 aliphatic carbocycles. The fraction of sp³-hybridized carbons (Fsp3) is 1.00. The molecular weight excluding hydrogens is 505 g/mol. The van der Waals surface area contributed by atoms with Crippen LogP contribution in [0.3, 0.4) is 0 Å². The van der Waals surface area contributed by atoms with E-state index in [1.807, 2.05) is 0 Å². The standard InChI is InChI=1S/C23H54O9Si3/c1-23(17-11-14-20-33(24-2,25-3)26-4,18-12-15-21-34(27-5,28-6)29-7)19-13-16-22-35(30-8,31-9)32-10/h11-22H2,1-10H3. The molecule has 212 valence electrons. The second kappa shape index (κ2) is 18.5. The van der Waals surface area contributed by atoms with Crippen LogP contribution in [-0.4, -0.2) is 90.4 Å². The largest absolute Gasteiger partial charge is 0.500 e. The van der Waals surface area contributed by atoms with Crippen molar-refractivity contribution in [1.29, 1.82) is 0 Å². The van der Waals surface area contributed by atoms with Crippen molar-refractivity contribution >= 4 is 26.4 Å². The van der Waals surface area contributed by atoms with Crippen molar-refractivity contribution in [2.24, 2.45) is 5.41 Å². The zero-order chi connectivity index (χ0) is 26.8. The fourth-order valence-corrected chi connectivity index (χ4v) is 10.1. The molecule has 0 rings (SSSR count). The second-order valence-electron chi connectivity index (χ2n) is 9.32. The highest BCUT2D eigenvalue weighted by Gasteiger charge is 2.39. The minimum atomic E-state index is -2.52. The summed E-state index contributed by atoms with van der Waals surface area (Å²) >= 11 is 0. The number of rotatable bonds is 24. The SMILES string of the molecule is CO[Si](CCCCC(C)(CCCC[Si](OC)(OC)OC)CCCC[Si](OC)(OC)OC)(OC)OC. The van der Waals surface area contributed by atoms with E-state index in [1.165, 1.54) is 0 Å². The molecule has 9 nitrogen and oxygen atoms in total. The van der Waals surface area contributed by atoms with Gasteiger partial charge in [-0.3, -0.25) is 0 Å². The number of hydrogen-bond acceptors (Lipinski definition) is 9. The van der Waals surface area contributed by atoms with Gasteiger partial charge < -0.3 is 39.8 Å². The maximum absolute atomic E-state index is 5.59. The zero-order valence-electron chi connectivity index (χ0n) is 24.2. The molecule has 12 heteroatoms. The smallest absolute Gasteiger partial charge is 0.377 e. The van der Waals surface area contributed by atoms with Gasteiger partial charge in [-0.05, 0) is 43.9 Å². The van der Waals surface area contributed by atoms with Gasteiger partial charge in [-0.1, -0.05) is 26.2 Å². The second-order valence-corrected chi connectivity index (χ2v) is 18.6. The molecule has 0 atom stereocenters. The van der Waals surface area contributed by atoms with Crippen LogP contribution in [0.2, 0.25) is 18.1 Å². The lowest BCUT2D eigenvalue weighted by Gasteiger charge is -2.32. The summed E-state index contributed by atoms with van der Waals surface area (Å²) in [5, 5.41) is 0. The molecular formula is C23H54O9Si3. The minimum Gasteiger partial charge on any atom is -0.377 e. The van der Waals surface area contributed by atoms with E-state index < -0.39 is 26.4 Å². The van der Waals surface area contributed by atoms with Crippen LogP contribution in [0.25, 0.3) is 0 Å². The highest BCUT2D eigenvalue weighted by molar-refractivity contribution is 6.61. The highest BCUT2D eigenvalue weighted by atomic mass is 28.4. The lowest BCUT2D eigenvalue weighted by atomic mass is 9.76. The first-order valence-corrected chi connectivity index (χ1v) is 18.4. The van der Waals surface area contributed by atoms with Gasteiger partial charge in [0, 0.05) is 82.1 Å². The summed E-state index contributed by atoms with van der Waals surface area (Å²) in [4.78, 5) is 0. The van der Waals surface area contributed by atoms with Crippen LogP contribution in [-0.2, 0) is 39.8 Å². The molecule has 0 N–H and O–H groups in total. The summed E-state index contributed by atoms with van der Waals surface area (Å²) < 4.78 is 50.3. The van der Waals surface area contributed by atoms with Crippen LogP contribution in [0.5, 0.6) is 0 Å². The molecule has 0 radical (unpaired) electrons. The molecule has 0 saturated carbocycles. The van der Waals surface area contributed by atoms with Crippen molar-refractivity contribution in [3.8, 4) is 0 Å². The third-order valence-corrected chi connectivity index (χ3v) is 15.8. The van der Waals surface area contributed by atoms with Gasteiger partial charge in [-0.2, -0.15) is 0 Å². The van der Waals surface area contributed by atoms with E-state index in [0.29, 0.717) is 0 Å². The van der Waals surface area contributed by atoms with Gasteiger partial charge in [0.1, 0.15) is 0 Å². The van der Waals surface area contributed by atoms with Gasteiger partial charge in [0.05, 0.1) is 0 Å². The van der Waals surface area contributed by atoms with Gasteiger partial charge in [0.25, 0.3) is 0 Å². The third kappa shape index (κ3) is 12.1. The van der Waals surface area contributed by atoms with E-state index >= 15 is 0 Å². The Morgan fingerprint density at radius 2 is 0.571 bits per heavy atom. The van der Waals surface area contributed by atoms with Gasteiger partial charge >= 0.3 is 26.4 Å². The Balaban J connectivity index is 4.96. The van der Waals surface area contributed by atoms with Crippen LogP contribution in [0.1, 0.15) is 64.7 Å². The molecule has 0 aliphatic rings. The van der Waals surface area contributed by atoms with E-state index in [9.17, 15) is 0 Å². The molecule has 35 heavy (non-hydrogen) atoms. The lowest BCUT2D eigenvalue weighted by molar-refractivity contribution is 0.121. The topological polar surface area (TPSA) is 83.1 Å². The molecule has 0 bridgehead atoms. The van der Waals surface area contributed by atoms with Gasteiger partial charge in [-0.15, -0.1) is 0 Å². The van der Waals surface area contributed by atoms with Crippen LogP contribution >= 0.6 is 0 Å². The van der Waals surface area contributed by atoms with E-state index in [1.54, 1.807) is 64.0 Å². The molecule has 0 unspecified atom stereocenters. The van der Waals surface area contributed by atoms with Gasteiger partial charge in [0.2, 0.25) is 0 Å². The van der Waals surface area contributed by atoms with E-state index in [2.05, 4.69) is 6.92 Å². The first-order valence-electron chi connectivity index (χ1n) is 12.6. The summed E-state index contributed by atoms with van der Waals surface area (Å²) in [6.07, 6.45) is 9.86. The van der Waals surface area contributed by atoms with Crippen LogP contribution in [0.4, 0.5) is 0 Å². The summed E-state index contributed by atoms with van der Waals surface area (Å²) in [6, 6.07) is 2.50. The van der Waals surface area contributed by atoms with Crippen molar-refractivity contribution in [1.82, 2.24) is 0 Å². The molecule has 0 amide bonds. The minimum absolute atomic E-state index is 0.242. The van der Waals surface area contributed by atoms with Crippen molar-refractivity contribution < 1.29 is 39.8 Å². The van der Waals surface area contributed by atoms with Crippen LogP contribution < -0.4 is 0 Å². The van der Waals surface area contributed by atoms with Crippen molar-refractivity contribution in [3.05, 3.63) is 0 Å². The van der Waals surface area contributed by atoms with Gasteiger partial charge in [-0.25, -0.2) is 0 Å². The maximum atomic E-state index is 5.59. The predicted octanol–water partition coefficient (Wildman–Crippen LogP) is 5.14. The molecule has 0 aromatic rings. The van der Waals surface area contributed by atoms with E-state index in [-0.39, 0.29) is 5.41 Å². The fourth-order valence-electron chi connectivity index (χ4n) is 4.72. The average Bonchev–Trinajstić information content (AvgIpc) is 2.90. The maximum Gasteiger partial charge on any atom is 0.500 e. The average molecular weight is 559 g/mol. The quantitative estimate of drug-likeness (QED) is 0.118. The summed E-state index contributed by atoms with van der Waals surface area (Å²) in [6.45, 7) is 2.42. The Kier molecular flexibility index (Phi) is 18.7. The Hall–Kier alpha value is 0.291. The highest BCUT2D eigenvalue weighted by Crippen LogP contribution is 2.38. The number of hydrogen-bond donors (Lipinski definition) is 0. The summed E-state index contributed by atoms with van der Waals surface area (Å²) in [5.41, 5.74) is 0.242. The molecule has 0 aromatic heterocycles. The van der Waals surface area contributed by atoms with Crippen LogP contribution in [0, 0.1) is 5.41 Å². The van der Waals surface area contributed by atoms with Crippen molar-refractivity contribution in [2.75, 3.05) is 64.0 Å². The molecule has 0 fully saturated rings. The molecule has 0 aliphatic heterocycles. The Morgan fingerprint density at radius 1 is 0.371 bits per heavy atom. The first-order chi connectivity index (χ1) is 16.7. The monoisotopic (exact) mass is 558 g/mol. The lowest BCUT2D eigenvalue weighted by Crippen LogP contribution is -2.42. The number of unbranched alkanes of at least 4 members (excludes halogenated alkanes) is 3. The van der Waals surface area contributed by atoms with Crippen molar-refractivity contribution in [3.63, 3.8) is 0 Å². The zero-order valence-corrected chi connectivity index (χ0v) is 27.2. The van der Waals surface area contributed by atoms with E-state index in [4.69, 9.17) is 39.8 Å². The molecule has 0 aromatic carbocycles. The molecule has 0 saturated heterocycles. The Morgan fingerprint density at radius 3 is 0.743 bits per heavy atom. The Bertz CT molecular complexity index is 422. The predicted molar refractivity (Wildman–Crippen MR) is 144 cm³/mol. The van der Waals surface area contributed by atoms with E-state index in [0.717, 1.165) is 75.9 Å². The van der Waals surface area contributed by atoms with Crippen molar-refractivity contribution in [2.45, 2.75) is 82.8 Å². The molecule has 0 spiro atoms. The third-order valence-electron chi connectivity index (χ3n) is 7.34. The Labute approximate surface area is 218 Å². The molecule has 0 heterocycles. The summed E-state index contributed by atoms with van der Waals surface area (Å²) in [7, 11) is 7.54. The first kappa shape index (κ1) is 35.3. The normalized spacial score (nSPS) is 13.5.